The number of amides is 1. The van der Waals surface area contributed by atoms with Crippen LogP contribution in [0.3, 0.4) is 0 Å². The highest BCUT2D eigenvalue weighted by molar-refractivity contribution is 6.46. The summed E-state index contributed by atoms with van der Waals surface area (Å²) >= 11 is 0. The molecule has 1 amide bonds. The molecule has 4 rings (SSSR count). The topological polar surface area (TPSA) is 85.3 Å². The molecule has 1 fully saturated rings. The predicted molar refractivity (Wildman–Crippen MR) is 132 cm³/mol. The minimum atomic E-state index is -4.58. The van der Waals surface area contributed by atoms with E-state index in [1.54, 1.807) is 24.3 Å². The second-order valence-electron chi connectivity index (χ2n) is 8.47. The van der Waals surface area contributed by atoms with Crippen LogP contribution in [0.1, 0.15) is 28.3 Å². The molecule has 0 aromatic heterocycles. The van der Waals surface area contributed by atoms with Gasteiger partial charge in [0.1, 0.15) is 11.5 Å². The van der Waals surface area contributed by atoms with Gasteiger partial charge in [-0.25, -0.2) is 0 Å². The van der Waals surface area contributed by atoms with Crippen LogP contribution in [0.2, 0.25) is 0 Å². The summed E-state index contributed by atoms with van der Waals surface area (Å²) in [7, 11) is 4.30. The Morgan fingerprint density at radius 2 is 1.61 bits per heavy atom. The van der Waals surface area contributed by atoms with Crippen molar-refractivity contribution in [2.24, 2.45) is 0 Å². The minimum Gasteiger partial charge on any atom is -0.507 e. The van der Waals surface area contributed by atoms with Gasteiger partial charge in [0.25, 0.3) is 11.7 Å². The van der Waals surface area contributed by atoms with Gasteiger partial charge in [0, 0.05) is 12.1 Å². The first-order chi connectivity index (χ1) is 18.1. The summed E-state index contributed by atoms with van der Waals surface area (Å²) in [5, 5.41) is 11.3. The van der Waals surface area contributed by atoms with Gasteiger partial charge in [-0.15, -0.1) is 0 Å². The number of ether oxygens (including phenoxy) is 3. The molecule has 1 aliphatic rings. The predicted octanol–water partition coefficient (Wildman–Crippen LogP) is 5.35. The second-order valence-corrected chi connectivity index (χ2v) is 8.47. The lowest BCUT2D eigenvalue weighted by Gasteiger charge is -2.26. The minimum absolute atomic E-state index is 0.167. The number of ketones is 1. The smallest absolute Gasteiger partial charge is 0.416 e. The largest absolute Gasteiger partial charge is 0.507 e. The molecule has 10 heteroatoms. The van der Waals surface area contributed by atoms with Crippen molar-refractivity contribution in [3.8, 4) is 17.2 Å². The molecule has 1 atom stereocenters. The first-order valence-corrected chi connectivity index (χ1v) is 11.4. The fraction of sp³-hybridized carbons (Fsp3) is 0.214. The maximum absolute atomic E-state index is 13.3. The summed E-state index contributed by atoms with van der Waals surface area (Å²) < 4.78 is 55.7. The van der Waals surface area contributed by atoms with Gasteiger partial charge in [0.15, 0.2) is 11.5 Å². The molecular formula is C28H24F3NO6. The number of rotatable bonds is 7. The number of methoxy groups -OCH3 is 3. The quantitative estimate of drug-likeness (QED) is 0.253. The molecule has 1 N–H and O–H groups in total. The van der Waals surface area contributed by atoms with Crippen LogP contribution in [-0.4, -0.2) is 43.0 Å². The van der Waals surface area contributed by atoms with E-state index in [1.165, 1.54) is 51.7 Å². The Labute approximate surface area is 216 Å². The Morgan fingerprint density at radius 1 is 0.895 bits per heavy atom. The van der Waals surface area contributed by atoms with Crippen molar-refractivity contribution < 1.29 is 42.1 Å². The molecule has 1 heterocycles. The molecule has 3 aromatic carbocycles. The van der Waals surface area contributed by atoms with Gasteiger partial charge in [-0.2, -0.15) is 13.2 Å². The zero-order valence-electron chi connectivity index (χ0n) is 20.7. The van der Waals surface area contributed by atoms with Crippen LogP contribution in [0.25, 0.3) is 5.76 Å². The van der Waals surface area contributed by atoms with Gasteiger partial charge in [-0.1, -0.05) is 24.3 Å². The third-order valence-corrected chi connectivity index (χ3v) is 6.21. The molecule has 1 saturated heterocycles. The highest BCUT2D eigenvalue weighted by Gasteiger charge is 2.46. The molecule has 0 spiro atoms. The third kappa shape index (κ3) is 5.02. The first kappa shape index (κ1) is 26.6. The molecule has 0 bridgehead atoms. The molecule has 0 saturated carbocycles. The molecule has 3 aromatic rings. The van der Waals surface area contributed by atoms with E-state index in [4.69, 9.17) is 14.2 Å². The van der Waals surface area contributed by atoms with E-state index in [0.717, 1.165) is 17.0 Å². The number of carbonyl (C=O) groups is 2. The number of hydrogen-bond acceptors (Lipinski definition) is 6. The van der Waals surface area contributed by atoms with Crippen LogP contribution in [-0.2, 0) is 22.3 Å². The fourth-order valence-electron chi connectivity index (χ4n) is 4.38. The van der Waals surface area contributed by atoms with Crippen molar-refractivity contribution in [2.75, 3.05) is 21.3 Å². The Balaban J connectivity index is 1.87. The standard InChI is InChI=1S/C28H24F3NO6/c1-36-20-9-5-7-17(13-20)24-23(25(33)18-10-11-21(37-2)22(14-18)38-3)26(34)27(35)32(24)15-16-6-4-8-19(12-16)28(29,30)31/h4-14,24,33H,15H2,1-3H3/b25-23+. The second kappa shape index (κ2) is 10.5. The number of Topliss-reactive ketones (excluding diaryl/α,β-unsaturated/α-hetero) is 1. The number of hydrogen-bond donors (Lipinski definition) is 1. The number of aliphatic hydroxyl groups is 1. The van der Waals surface area contributed by atoms with E-state index in [0.29, 0.717) is 17.1 Å². The van der Waals surface area contributed by atoms with Crippen LogP contribution in [0.5, 0.6) is 17.2 Å². The van der Waals surface area contributed by atoms with E-state index in [9.17, 15) is 27.9 Å². The SMILES string of the molecule is COc1cccc(C2/C(=C(\O)c3ccc(OC)c(OC)c3)C(=O)C(=O)N2Cc2cccc(C(F)(F)F)c2)c1. The summed E-state index contributed by atoms with van der Waals surface area (Å²) in [4.78, 5) is 27.7. The third-order valence-electron chi connectivity index (χ3n) is 6.21. The van der Waals surface area contributed by atoms with E-state index in [-0.39, 0.29) is 29.0 Å². The van der Waals surface area contributed by atoms with Gasteiger partial charge in [-0.3, -0.25) is 9.59 Å². The van der Waals surface area contributed by atoms with Crippen LogP contribution < -0.4 is 14.2 Å². The average Bonchev–Trinajstić information content (AvgIpc) is 3.16. The van der Waals surface area contributed by atoms with Gasteiger partial charge in [0.2, 0.25) is 0 Å². The maximum atomic E-state index is 13.3. The highest BCUT2D eigenvalue weighted by Crippen LogP contribution is 2.42. The summed E-state index contributed by atoms with van der Waals surface area (Å²) in [6, 6.07) is 14.5. The van der Waals surface area contributed by atoms with Crippen LogP contribution >= 0.6 is 0 Å². The Bertz CT molecular complexity index is 1420. The van der Waals surface area contributed by atoms with Crippen molar-refractivity contribution in [1.82, 2.24) is 4.90 Å². The van der Waals surface area contributed by atoms with Crippen molar-refractivity contribution >= 4 is 17.4 Å². The van der Waals surface area contributed by atoms with Crippen LogP contribution in [0, 0.1) is 0 Å². The molecular weight excluding hydrogens is 503 g/mol. The molecule has 0 aliphatic carbocycles. The van der Waals surface area contributed by atoms with E-state index in [2.05, 4.69) is 0 Å². The molecule has 198 valence electrons. The molecule has 7 nitrogen and oxygen atoms in total. The van der Waals surface area contributed by atoms with Crippen LogP contribution in [0.4, 0.5) is 13.2 Å². The number of likely N-dealkylation sites (tertiary alicyclic amines) is 1. The van der Waals surface area contributed by atoms with Crippen LogP contribution in [0.15, 0.2) is 72.3 Å². The zero-order valence-corrected chi connectivity index (χ0v) is 20.7. The van der Waals surface area contributed by atoms with E-state index >= 15 is 0 Å². The van der Waals surface area contributed by atoms with E-state index < -0.39 is 35.2 Å². The molecule has 1 aliphatic heterocycles. The normalized spacial score (nSPS) is 17.0. The molecule has 1 unspecified atom stereocenters. The monoisotopic (exact) mass is 527 g/mol. The maximum Gasteiger partial charge on any atom is 0.416 e. The van der Waals surface area contributed by atoms with Gasteiger partial charge in [0.05, 0.1) is 38.5 Å². The van der Waals surface area contributed by atoms with Crippen molar-refractivity contribution in [3.05, 3.63) is 94.6 Å². The Kier molecular flexibility index (Phi) is 7.34. The van der Waals surface area contributed by atoms with Gasteiger partial charge < -0.3 is 24.2 Å². The first-order valence-electron chi connectivity index (χ1n) is 11.4. The number of nitrogens with zero attached hydrogens (tertiary/aromatic N) is 1. The summed E-state index contributed by atoms with van der Waals surface area (Å²) in [6.07, 6.45) is -4.58. The fourth-order valence-corrected chi connectivity index (χ4v) is 4.38. The molecule has 0 radical (unpaired) electrons. The number of aliphatic hydroxyl groups excluding tert-OH is 1. The number of alkyl halides is 3. The lowest BCUT2D eigenvalue weighted by Crippen LogP contribution is -2.29. The lowest BCUT2D eigenvalue weighted by molar-refractivity contribution is -0.140. The van der Waals surface area contributed by atoms with Gasteiger partial charge in [-0.05, 0) is 53.6 Å². The van der Waals surface area contributed by atoms with Crippen molar-refractivity contribution in [1.29, 1.82) is 0 Å². The number of benzene rings is 3. The number of halogens is 3. The van der Waals surface area contributed by atoms with E-state index in [1.807, 2.05) is 0 Å². The van der Waals surface area contributed by atoms with Gasteiger partial charge >= 0.3 is 6.18 Å². The zero-order chi connectivity index (χ0) is 27.6. The Hall–Kier alpha value is -4.47. The average molecular weight is 527 g/mol. The summed E-state index contributed by atoms with van der Waals surface area (Å²) in [5.74, 6) is -1.30. The molecule has 38 heavy (non-hydrogen) atoms. The number of carbonyl (C=O) groups excluding carboxylic acids is 2. The summed E-state index contributed by atoms with van der Waals surface area (Å²) in [5.41, 5.74) is -0.316. The lowest BCUT2D eigenvalue weighted by atomic mass is 9.94. The Morgan fingerprint density at radius 3 is 2.26 bits per heavy atom. The van der Waals surface area contributed by atoms with Crippen molar-refractivity contribution in [2.45, 2.75) is 18.8 Å². The van der Waals surface area contributed by atoms with Crippen molar-refractivity contribution in [3.63, 3.8) is 0 Å². The highest BCUT2D eigenvalue weighted by atomic mass is 19.4. The summed E-state index contributed by atoms with van der Waals surface area (Å²) in [6.45, 7) is -0.306.